The van der Waals surface area contributed by atoms with Gasteiger partial charge in [0.25, 0.3) is 0 Å². The molecule has 0 fully saturated rings. The molecule has 0 unspecified atom stereocenters. The fourth-order valence-electron chi connectivity index (χ4n) is 1.78. The molecule has 0 aliphatic rings. The van der Waals surface area contributed by atoms with Crippen molar-refractivity contribution in [2.24, 2.45) is 0 Å². The molecule has 0 bridgehead atoms. The molecule has 0 saturated carbocycles. The number of carbonyl (C=O) groups is 3. The summed E-state index contributed by atoms with van der Waals surface area (Å²) < 4.78 is 15.5. The van der Waals surface area contributed by atoms with Gasteiger partial charge in [0.05, 0.1) is 12.8 Å². The Kier molecular flexibility index (Phi) is 6.96. The summed E-state index contributed by atoms with van der Waals surface area (Å²) in [5.74, 6) is -0.938. The van der Waals surface area contributed by atoms with E-state index < -0.39 is 35.1 Å². The number of imide groups is 1. The molecule has 0 radical (unpaired) electrons. The molecule has 27 heavy (non-hydrogen) atoms. The van der Waals surface area contributed by atoms with Crippen LogP contribution >= 0.6 is 12.2 Å². The highest BCUT2D eigenvalue weighted by Crippen LogP contribution is 2.20. The van der Waals surface area contributed by atoms with Gasteiger partial charge < -0.3 is 24.2 Å². The maximum Gasteiger partial charge on any atom is 0.424 e. The van der Waals surface area contributed by atoms with Gasteiger partial charge in [-0.1, -0.05) is 0 Å². The van der Waals surface area contributed by atoms with Crippen molar-refractivity contribution in [2.45, 2.75) is 52.7 Å². The van der Waals surface area contributed by atoms with Gasteiger partial charge in [0, 0.05) is 6.20 Å². The fourth-order valence-corrected chi connectivity index (χ4v) is 1.95. The predicted octanol–water partition coefficient (Wildman–Crippen LogP) is 3.76. The molecule has 2 amide bonds. The summed E-state index contributed by atoms with van der Waals surface area (Å²) in [7, 11) is 1.12. The molecule has 10 heteroatoms. The van der Waals surface area contributed by atoms with Crippen LogP contribution < -0.4 is 0 Å². The highest BCUT2D eigenvalue weighted by atomic mass is 32.1. The Morgan fingerprint density at radius 3 is 1.85 bits per heavy atom. The highest BCUT2D eigenvalue weighted by Gasteiger charge is 2.37. The van der Waals surface area contributed by atoms with Crippen molar-refractivity contribution in [3.05, 3.63) is 22.4 Å². The maximum atomic E-state index is 12.7. The molecule has 0 aliphatic carbocycles. The lowest BCUT2D eigenvalue weighted by Gasteiger charge is -2.29. The van der Waals surface area contributed by atoms with Gasteiger partial charge in [0.2, 0.25) is 0 Å². The molecule has 1 aromatic rings. The molecular weight excluding hydrogens is 374 g/mol. The van der Waals surface area contributed by atoms with Crippen molar-refractivity contribution in [2.75, 3.05) is 7.11 Å². The number of esters is 1. The van der Waals surface area contributed by atoms with E-state index in [-0.39, 0.29) is 0 Å². The minimum Gasteiger partial charge on any atom is -0.464 e. The first-order valence-electron chi connectivity index (χ1n) is 8.07. The van der Waals surface area contributed by atoms with Gasteiger partial charge in [-0.25, -0.2) is 14.4 Å². The van der Waals surface area contributed by atoms with Crippen LogP contribution in [0.5, 0.6) is 0 Å². The van der Waals surface area contributed by atoms with E-state index >= 15 is 0 Å². The summed E-state index contributed by atoms with van der Waals surface area (Å²) in [6.45, 7) is 9.77. The Morgan fingerprint density at radius 2 is 1.52 bits per heavy atom. The number of nitrogens with zero attached hydrogens (tertiary/aromatic N) is 1. The number of methoxy groups -OCH3 is 1. The first-order valence-corrected chi connectivity index (χ1v) is 8.48. The molecule has 150 valence electrons. The molecular formula is C17H25N3O6S. The van der Waals surface area contributed by atoms with Crippen molar-refractivity contribution in [3.63, 3.8) is 0 Å². The average molecular weight is 399 g/mol. The van der Waals surface area contributed by atoms with Gasteiger partial charge in [-0.15, -0.1) is 0 Å². The molecule has 0 aliphatic heterocycles. The lowest BCUT2D eigenvalue weighted by Crippen LogP contribution is -2.44. The van der Waals surface area contributed by atoms with Crippen LogP contribution in [0.1, 0.15) is 47.2 Å². The van der Waals surface area contributed by atoms with E-state index in [9.17, 15) is 14.4 Å². The summed E-state index contributed by atoms with van der Waals surface area (Å²) in [6.07, 6.45) is 0.532. The lowest BCUT2D eigenvalue weighted by atomic mass is 10.2. The Morgan fingerprint density at radius 1 is 1.04 bits per heavy atom. The second-order valence-electron chi connectivity index (χ2n) is 7.52. The van der Waals surface area contributed by atoms with Crippen LogP contribution in [0.25, 0.3) is 6.08 Å². The van der Waals surface area contributed by atoms with E-state index in [1.165, 1.54) is 12.3 Å². The third kappa shape index (κ3) is 7.26. The van der Waals surface area contributed by atoms with Crippen LogP contribution in [-0.4, -0.2) is 51.3 Å². The quantitative estimate of drug-likeness (QED) is 0.344. The second-order valence-corrected chi connectivity index (χ2v) is 7.92. The number of ether oxygens (including phenoxy) is 3. The van der Waals surface area contributed by atoms with Crippen molar-refractivity contribution in [1.29, 1.82) is 0 Å². The fraction of sp³-hybridized carbons (Fsp3) is 0.529. The van der Waals surface area contributed by atoms with Gasteiger partial charge in [-0.05, 0) is 59.8 Å². The van der Waals surface area contributed by atoms with Gasteiger partial charge in [0.1, 0.15) is 16.9 Å². The second kappa shape index (κ2) is 8.38. The molecule has 0 aromatic carbocycles. The molecule has 0 atom stereocenters. The predicted molar refractivity (Wildman–Crippen MR) is 100 cm³/mol. The van der Waals surface area contributed by atoms with Crippen molar-refractivity contribution in [3.8, 4) is 0 Å². The van der Waals surface area contributed by atoms with Crippen LogP contribution in [0, 0.1) is 4.77 Å². The van der Waals surface area contributed by atoms with Crippen molar-refractivity contribution < 1.29 is 28.6 Å². The van der Waals surface area contributed by atoms with E-state index in [1.54, 1.807) is 41.5 Å². The Balaban J connectivity index is 3.46. The van der Waals surface area contributed by atoms with Crippen molar-refractivity contribution >= 4 is 36.4 Å². The smallest absolute Gasteiger partial charge is 0.424 e. The van der Waals surface area contributed by atoms with E-state index in [0.29, 0.717) is 15.4 Å². The zero-order valence-electron chi connectivity index (χ0n) is 16.5. The number of amides is 2. The van der Waals surface area contributed by atoms with Gasteiger partial charge in [-0.3, -0.25) is 0 Å². The van der Waals surface area contributed by atoms with Crippen LogP contribution in [0.2, 0.25) is 0 Å². The zero-order chi connectivity index (χ0) is 21.0. The third-order valence-electron chi connectivity index (χ3n) is 2.70. The Bertz CT molecular complexity index is 767. The summed E-state index contributed by atoms with van der Waals surface area (Å²) >= 11 is 4.94. The third-order valence-corrected chi connectivity index (χ3v) is 2.92. The zero-order valence-corrected chi connectivity index (χ0v) is 17.3. The minimum absolute atomic E-state index is 0.298. The van der Waals surface area contributed by atoms with Gasteiger partial charge in [-0.2, -0.15) is 4.90 Å². The van der Waals surface area contributed by atoms with E-state index in [2.05, 4.69) is 9.97 Å². The van der Waals surface area contributed by atoms with E-state index in [4.69, 9.17) is 26.4 Å². The number of rotatable bonds is 3. The molecule has 1 aromatic heterocycles. The van der Waals surface area contributed by atoms with Crippen molar-refractivity contribution in [1.82, 2.24) is 14.9 Å². The molecule has 9 nitrogen and oxygen atoms in total. The maximum absolute atomic E-state index is 12.7. The SMILES string of the molecule is COC(=O)C(=Cc1c[nH]c(=S)[nH]1)N(C(=O)OC(C)(C)C)C(=O)OC(C)(C)C. The molecule has 0 saturated heterocycles. The van der Waals surface area contributed by atoms with E-state index in [1.807, 2.05) is 0 Å². The van der Waals surface area contributed by atoms with E-state index in [0.717, 1.165) is 7.11 Å². The number of hydrogen-bond acceptors (Lipinski definition) is 7. The monoisotopic (exact) mass is 399 g/mol. The average Bonchev–Trinajstić information content (AvgIpc) is 2.87. The largest absolute Gasteiger partial charge is 0.464 e. The lowest BCUT2D eigenvalue weighted by molar-refractivity contribution is -0.137. The number of nitrogens with one attached hydrogen (secondary N) is 2. The molecule has 2 N–H and O–H groups in total. The normalized spacial score (nSPS) is 12.3. The van der Waals surface area contributed by atoms with Crippen LogP contribution in [0.3, 0.4) is 0 Å². The standard InChI is InChI=1S/C17H25N3O6S/c1-16(2,3)25-14(22)20(15(23)26-17(4,5)6)11(12(21)24-7)8-10-9-18-13(27)19-10/h8-9H,1-7H3,(H2,18,19,27). The van der Waals surface area contributed by atoms with Crippen LogP contribution in [-0.2, 0) is 19.0 Å². The molecule has 1 heterocycles. The van der Waals surface area contributed by atoms with Crippen LogP contribution in [0.4, 0.5) is 9.59 Å². The summed E-state index contributed by atoms with van der Waals surface area (Å²) in [6, 6.07) is 0. The Labute approximate surface area is 162 Å². The first-order chi connectivity index (χ1) is 12.2. The number of imidazole rings is 1. The number of hydrogen-bond donors (Lipinski definition) is 2. The summed E-state index contributed by atoms with van der Waals surface area (Å²) in [5, 5.41) is 0. The highest BCUT2D eigenvalue weighted by molar-refractivity contribution is 7.71. The first kappa shape index (κ1) is 22.4. The summed E-state index contributed by atoms with van der Waals surface area (Å²) in [5.41, 5.74) is -1.87. The van der Waals surface area contributed by atoms with Gasteiger partial charge >= 0.3 is 18.2 Å². The topological polar surface area (TPSA) is 114 Å². The molecule has 0 spiro atoms. The minimum atomic E-state index is -1.08. The van der Waals surface area contributed by atoms with Crippen LogP contribution in [0.15, 0.2) is 11.9 Å². The van der Waals surface area contributed by atoms with Gasteiger partial charge in [0.15, 0.2) is 4.77 Å². The number of carbonyl (C=O) groups excluding carboxylic acids is 3. The Hall–Kier alpha value is -2.62. The number of H-pyrrole nitrogens is 2. The number of aromatic amines is 2. The summed E-state index contributed by atoms with van der Waals surface area (Å²) in [4.78, 5) is 43.6. The number of aromatic nitrogens is 2. The molecule has 1 rings (SSSR count).